The first-order chi connectivity index (χ1) is 12.9. The fourth-order valence-electron chi connectivity index (χ4n) is 2.17. The molecule has 27 heavy (non-hydrogen) atoms. The molecule has 0 amide bonds. The van der Waals surface area contributed by atoms with Crippen LogP contribution in [0.25, 0.3) is 6.08 Å². The maximum Gasteiger partial charge on any atom is 0.337 e. The molecule has 138 valence electrons. The SMILES string of the molecule is Nc1cc(OC(=O)C=Cc2ccccc2)nn1S(=O)(=O)c1ccc(Cl)cc1. The van der Waals surface area contributed by atoms with Crippen molar-refractivity contribution < 1.29 is 17.9 Å². The molecule has 0 aliphatic rings. The number of carbonyl (C=O) groups excluding carboxylic acids is 1. The standard InChI is InChI=1S/C18H14ClN3O4S/c19-14-7-9-15(10-8-14)27(24,25)22-16(20)12-17(21-22)26-18(23)11-6-13-4-2-1-3-5-13/h1-12H,20H2. The number of hydrogen-bond acceptors (Lipinski definition) is 6. The number of rotatable bonds is 5. The molecule has 2 aromatic carbocycles. The van der Waals surface area contributed by atoms with E-state index in [1.54, 1.807) is 6.08 Å². The lowest BCUT2D eigenvalue weighted by atomic mass is 10.2. The summed E-state index contributed by atoms with van der Waals surface area (Å²) in [6.45, 7) is 0. The van der Waals surface area contributed by atoms with Crippen molar-refractivity contribution in [3.8, 4) is 5.88 Å². The highest BCUT2D eigenvalue weighted by Gasteiger charge is 2.22. The maximum absolute atomic E-state index is 12.6. The highest BCUT2D eigenvalue weighted by atomic mass is 35.5. The Kier molecular flexibility index (Phi) is 5.29. The molecule has 0 fully saturated rings. The molecule has 0 bridgehead atoms. The van der Waals surface area contributed by atoms with Crippen LogP contribution >= 0.6 is 11.6 Å². The quantitative estimate of drug-likeness (QED) is 0.518. The zero-order valence-corrected chi connectivity index (χ0v) is 15.4. The zero-order chi connectivity index (χ0) is 19.4. The molecule has 1 aromatic heterocycles. The maximum atomic E-state index is 12.6. The lowest BCUT2D eigenvalue weighted by Gasteiger charge is -2.05. The number of esters is 1. The average Bonchev–Trinajstić information content (AvgIpc) is 3.02. The van der Waals surface area contributed by atoms with Gasteiger partial charge in [0.15, 0.2) is 0 Å². The van der Waals surface area contributed by atoms with E-state index in [1.165, 1.54) is 30.3 Å². The third-order valence-electron chi connectivity index (χ3n) is 3.44. The van der Waals surface area contributed by atoms with Gasteiger partial charge in [0, 0.05) is 17.2 Å². The fraction of sp³-hybridized carbons (Fsp3) is 0. The molecule has 1 heterocycles. The van der Waals surface area contributed by atoms with E-state index >= 15 is 0 Å². The number of aromatic nitrogens is 2. The number of ether oxygens (including phenoxy) is 1. The van der Waals surface area contributed by atoms with Gasteiger partial charge in [-0.05, 0) is 35.9 Å². The monoisotopic (exact) mass is 403 g/mol. The van der Waals surface area contributed by atoms with Gasteiger partial charge in [-0.25, -0.2) is 4.79 Å². The molecule has 0 unspecified atom stereocenters. The molecule has 0 atom stereocenters. The summed E-state index contributed by atoms with van der Waals surface area (Å²) in [4.78, 5) is 11.8. The van der Waals surface area contributed by atoms with E-state index in [2.05, 4.69) is 5.10 Å². The third kappa shape index (κ3) is 4.36. The second-order valence-corrected chi connectivity index (χ2v) is 7.58. The second kappa shape index (κ2) is 7.65. The summed E-state index contributed by atoms with van der Waals surface area (Å²) in [5.74, 6) is -1.14. The first kappa shape index (κ1) is 18.7. The Bertz CT molecular complexity index is 1090. The van der Waals surface area contributed by atoms with E-state index in [-0.39, 0.29) is 16.6 Å². The van der Waals surface area contributed by atoms with Crippen LogP contribution in [0.3, 0.4) is 0 Å². The molecule has 7 nitrogen and oxygen atoms in total. The van der Waals surface area contributed by atoms with Crippen LogP contribution in [0, 0.1) is 0 Å². The minimum Gasteiger partial charge on any atom is -0.403 e. The molecule has 0 aliphatic heterocycles. The number of nitrogens with two attached hydrogens (primary N) is 1. The van der Waals surface area contributed by atoms with Crippen LogP contribution in [0.5, 0.6) is 5.88 Å². The summed E-state index contributed by atoms with van der Waals surface area (Å²) < 4.78 is 30.8. The van der Waals surface area contributed by atoms with Crippen molar-refractivity contribution in [1.29, 1.82) is 0 Å². The van der Waals surface area contributed by atoms with Gasteiger partial charge in [0.2, 0.25) is 5.88 Å². The summed E-state index contributed by atoms with van der Waals surface area (Å²) in [6, 6.07) is 15.8. The molecule has 3 rings (SSSR count). The summed E-state index contributed by atoms with van der Waals surface area (Å²) in [5, 5.41) is 4.16. The van der Waals surface area contributed by atoms with Crippen molar-refractivity contribution in [2.24, 2.45) is 0 Å². The van der Waals surface area contributed by atoms with E-state index in [1.807, 2.05) is 30.3 Å². The van der Waals surface area contributed by atoms with Gasteiger partial charge >= 0.3 is 5.97 Å². The zero-order valence-electron chi connectivity index (χ0n) is 13.8. The molecule has 3 aromatic rings. The Morgan fingerprint density at radius 3 is 2.44 bits per heavy atom. The van der Waals surface area contributed by atoms with Crippen LogP contribution < -0.4 is 10.5 Å². The van der Waals surface area contributed by atoms with Crippen molar-refractivity contribution >= 4 is 39.5 Å². The molecular formula is C18H14ClN3O4S. The van der Waals surface area contributed by atoms with Gasteiger partial charge in [-0.3, -0.25) is 0 Å². The van der Waals surface area contributed by atoms with Gasteiger partial charge in [0.05, 0.1) is 4.90 Å². The van der Waals surface area contributed by atoms with E-state index in [4.69, 9.17) is 22.1 Å². The number of nitrogen functional groups attached to an aromatic ring is 1. The Hall–Kier alpha value is -3.10. The number of anilines is 1. The van der Waals surface area contributed by atoms with Crippen molar-refractivity contribution in [3.05, 3.63) is 77.3 Å². The van der Waals surface area contributed by atoms with Gasteiger partial charge in [0.1, 0.15) is 5.82 Å². The smallest absolute Gasteiger partial charge is 0.337 e. The van der Waals surface area contributed by atoms with Gasteiger partial charge in [-0.1, -0.05) is 41.9 Å². The second-order valence-electron chi connectivity index (χ2n) is 5.37. The Morgan fingerprint density at radius 2 is 1.78 bits per heavy atom. The largest absolute Gasteiger partial charge is 0.403 e. The van der Waals surface area contributed by atoms with Gasteiger partial charge in [0.25, 0.3) is 10.0 Å². The average molecular weight is 404 g/mol. The first-order valence-corrected chi connectivity index (χ1v) is 9.50. The topological polar surface area (TPSA) is 104 Å². The molecular weight excluding hydrogens is 390 g/mol. The molecule has 0 saturated heterocycles. The van der Waals surface area contributed by atoms with Crippen molar-refractivity contribution in [2.45, 2.75) is 4.90 Å². The first-order valence-electron chi connectivity index (χ1n) is 7.68. The molecule has 0 radical (unpaired) electrons. The lowest BCUT2D eigenvalue weighted by molar-refractivity contribution is -0.129. The predicted molar refractivity (Wildman–Crippen MR) is 102 cm³/mol. The van der Waals surface area contributed by atoms with Crippen molar-refractivity contribution in [2.75, 3.05) is 5.73 Å². The van der Waals surface area contributed by atoms with E-state index in [0.717, 1.165) is 11.6 Å². The minimum absolute atomic E-state index is 0.0523. The van der Waals surface area contributed by atoms with E-state index in [9.17, 15) is 13.2 Å². The van der Waals surface area contributed by atoms with Gasteiger partial charge in [-0.2, -0.15) is 8.42 Å². The Balaban J connectivity index is 1.79. The number of hydrogen-bond donors (Lipinski definition) is 1. The number of benzene rings is 2. The fourth-order valence-corrected chi connectivity index (χ4v) is 3.50. The van der Waals surface area contributed by atoms with Crippen LogP contribution in [-0.4, -0.2) is 23.6 Å². The van der Waals surface area contributed by atoms with E-state index < -0.39 is 16.0 Å². The number of halogens is 1. The molecule has 0 saturated carbocycles. The summed E-state index contributed by atoms with van der Waals surface area (Å²) >= 11 is 5.77. The molecule has 0 spiro atoms. The Labute approximate surface area is 160 Å². The number of nitrogens with zero attached hydrogens (tertiary/aromatic N) is 2. The lowest BCUT2D eigenvalue weighted by Crippen LogP contribution is -2.17. The van der Waals surface area contributed by atoms with Crippen LogP contribution in [-0.2, 0) is 14.8 Å². The van der Waals surface area contributed by atoms with Crippen LogP contribution in [0.4, 0.5) is 5.82 Å². The van der Waals surface area contributed by atoms with Crippen molar-refractivity contribution in [3.63, 3.8) is 0 Å². The van der Waals surface area contributed by atoms with Gasteiger partial charge in [-0.15, -0.1) is 9.19 Å². The van der Waals surface area contributed by atoms with Gasteiger partial charge < -0.3 is 10.5 Å². The normalized spacial score (nSPS) is 11.6. The van der Waals surface area contributed by atoms with Crippen molar-refractivity contribution in [1.82, 2.24) is 9.19 Å². The summed E-state index contributed by atoms with van der Waals surface area (Å²) in [7, 11) is -4.04. The molecule has 0 aliphatic carbocycles. The molecule has 2 N–H and O–H groups in total. The number of carbonyl (C=O) groups is 1. The summed E-state index contributed by atoms with van der Waals surface area (Å²) in [6.07, 6.45) is 2.77. The highest BCUT2D eigenvalue weighted by molar-refractivity contribution is 7.90. The Morgan fingerprint density at radius 1 is 1.11 bits per heavy atom. The minimum atomic E-state index is -4.04. The van der Waals surface area contributed by atoms with E-state index in [0.29, 0.717) is 9.11 Å². The van der Waals surface area contributed by atoms with Crippen LogP contribution in [0.1, 0.15) is 5.56 Å². The van der Waals surface area contributed by atoms with Crippen LogP contribution in [0.15, 0.2) is 71.6 Å². The summed E-state index contributed by atoms with van der Waals surface area (Å²) in [5.41, 5.74) is 6.53. The third-order valence-corrected chi connectivity index (χ3v) is 5.31. The predicted octanol–water partition coefficient (Wildman–Crippen LogP) is 2.97. The van der Waals surface area contributed by atoms with Crippen LogP contribution in [0.2, 0.25) is 5.02 Å². The highest BCUT2D eigenvalue weighted by Crippen LogP contribution is 2.22. The molecule has 9 heteroatoms.